The second-order valence-corrected chi connectivity index (χ2v) is 5.58. The number of pyridine rings is 1. The smallest absolute Gasteiger partial charge is 0.308 e. The lowest BCUT2D eigenvalue weighted by atomic mass is 10.2. The van der Waals surface area contributed by atoms with Gasteiger partial charge in [0.1, 0.15) is 6.61 Å². The number of amides is 2. The van der Waals surface area contributed by atoms with Crippen LogP contribution in [0.4, 0.5) is 5.69 Å². The lowest BCUT2D eigenvalue weighted by Gasteiger charge is -2.11. The zero-order chi connectivity index (χ0) is 17.6. The maximum atomic E-state index is 12.1. The molecule has 1 aromatic rings. The summed E-state index contributed by atoms with van der Waals surface area (Å²) in [6.45, 7) is 1.43. The molecule has 0 aliphatic carbocycles. The maximum absolute atomic E-state index is 12.1. The van der Waals surface area contributed by atoms with Gasteiger partial charge in [-0.2, -0.15) is 0 Å². The second-order valence-electron chi connectivity index (χ2n) is 5.58. The lowest BCUT2D eigenvalue weighted by molar-refractivity contribution is -0.138. The highest BCUT2D eigenvalue weighted by Gasteiger charge is 2.25. The first-order valence-corrected chi connectivity index (χ1v) is 7.84. The highest BCUT2D eigenvalue weighted by Crippen LogP contribution is 2.09. The van der Waals surface area contributed by atoms with Crippen molar-refractivity contribution in [2.75, 3.05) is 31.6 Å². The molecule has 0 unspecified atom stereocenters. The third-order valence-corrected chi connectivity index (χ3v) is 3.57. The third kappa shape index (κ3) is 4.66. The fourth-order valence-corrected chi connectivity index (χ4v) is 2.40. The lowest BCUT2D eigenvalue weighted by Crippen LogP contribution is -2.42. The van der Waals surface area contributed by atoms with Crippen molar-refractivity contribution in [3.05, 3.63) is 24.0 Å². The van der Waals surface area contributed by atoms with Gasteiger partial charge in [0.2, 0.25) is 5.91 Å². The van der Waals surface area contributed by atoms with Crippen molar-refractivity contribution in [1.82, 2.24) is 20.9 Å². The Morgan fingerprint density at radius 2 is 2.24 bits per heavy atom. The molecule has 2 aliphatic rings. The van der Waals surface area contributed by atoms with Gasteiger partial charge in [0.25, 0.3) is 5.91 Å². The van der Waals surface area contributed by atoms with E-state index in [1.165, 1.54) is 6.20 Å². The number of anilines is 1. The average molecular weight is 346 g/mol. The summed E-state index contributed by atoms with van der Waals surface area (Å²) in [5.41, 5.74) is 0.933. The molecular formula is C15H18N6O4. The second kappa shape index (κ2) is 7.60. The molecule has 0 aromatic carbocycles. The molecule has 25 heavy (non-hydrogen) atoms. The fourth-order valence-electron chi connectivity index (χ4n) is 2.40. The first kappa shape index (κ1) is 16.7. The Bertz CT molecular complexity index is 720. The van der Waals surface area contributed by atoms with Crippen LogP contribution in [-0.4, -0.2) is 61.0 Å². The van der Waals surface area contributed by atoms with E-state index in [9.17, 15) is 14.4 Å². The molecule has 0 spiro atoms. The van der Waals surface area contributed by atoms with Gasteiger partial charge in [-0.1, -0.05) is 0 Å². The van der Waals surface area contributed by atoms with E-state index < -0.39 is 5.91 Å². The first-order chi connectivity index (χ1) is 12.1. The van der Waals surface area contributed by atoms with Crippen molar-refractivity contribution in [1.29, 1.82) is 0 Å². The van der Waals surface area contributed by atoms with Gasteiger partial charge in [0, 0.05) is 12.7 Å². The Morgan fingerprint density at radius 3 is 2.96 bits per heavy atom. The molecule has 10 heteroatoms. The first-order valence-electron chi connectivity index (χ1n) is 7.84. The van der Waals surface area contributed by atoms with E-state index >= 15 is 0 Å². The van der Waals surface area contributed by atoms with Crippen molar-refractivity contribution >= 4 is 29.4 Å². The zero-order valence-corrected chi connectivity index (χ0v) is 13.4. The van der Waals surface area contributed by atoms with Gasteiger partial charge in [-0.05, 0) is 6.07 Å². The molecule has 10 nitrogen and oxygen atoms in total. The molecule has 1 saturated heterocycles. The number of aliphatic imine (C=N–C) groups is 1. The summed E-state index contributed by atoms with van der Waals surface area (Å²) in [6.07, 6.45) is 3.13. The van der Waals surface area contributed by atoms with Gasteiger partial charge in [0.15, 0.2) is 5.96 Å². The Balaban J connectivity index is 1.49. The molecule has 3 rings (SSSR count). The zero-order valence-electron chi connectivity index (χ0n) is 13.4. The number of carbonyl (C=O) groups excluding carboxylic acids is 3. The summed E-state index contributed by atoms with van der Waals surface area (Å²) >= 11 is 0. The van der Waals surface area contributed by atoms with Crippen LogP contribution in [0.5, 0.6) is 0 Å². The van der Waals surface area contributed by atoms with Crippen LogP contribution < -0.4 is 21.3 Å². The maximum Gasteiger partial charge on any atom is 0.308 e. The predicted molar refractivity (Wildman–Crippen MR) is 88.0 cm³/mol. The average Bonchev–Trinajstić information content (AvgIpc) is 3.25. The van der Waals surface area contributed by atoms with E-state index in [1.54, 1.807) is 12.3 Å². The number of nitrogens with zero attached hydrogens (tertiary/aromatic N) is 2. The minimum Gasteiger partial charge on any atom is -0.463 e. The molecule has 0 bridgehead atoms. The van der Waals surface area contributed by atoms with E-state index in [2.05, 4.69) is 31.2 Å². The van der Waals surface area contributed by atoms with E-state index in [1.807, 2.05) is 0 Å². The van der Waals surface area contributed by atoms with E-state index in [4.69, 9.17) is 4.74 Å². The van der Waals surface area contributed by atoms with Crippen LogP contribution in [0.2, 0.25) is 0 Å². The number of hydrogen-bond acceptors (Lipinski definition) is 8. The van der Waals surface area contributed by atoms with Crippen LogP contribution >= 0.6 is 0 Å². The largest absolute Gasteiger partial charge is 0.463 e. The summed E-state index contributed by atoms with van der Waals surface area (Å²) in [6, 6.07) is 1.28. The summed E-state index contributed by atoms with van der Waals surface area (Å²) < 4.78 is 4.76. The number of rotatable bonds is 5. The fraction of sp³-hybridized carbons (Fsp3) is 0.400. The molecule has 0 saturated carbocycles. The van der Waals surface area contributed by atoms with Crippen LogP contribution in [0.15, 0.2) is 23.5 Å². The molecule has 2 aliphatic heterocycles. The van der Waals surface area contributed by atoms with Crippen LogP contribution in [0.1, 0.15) is 16.8 Å². The van der Waals surface area contributed by atoms with Gasteiger partial charge in [0.05, 0.1) is 43.0 Å². The number of aromatic nitrogens is 1. The minimum absolute atomic E-state index is 0.148. The standard InChI is InChI=1S/C15H18N6O4/c22-12(20-11-4-13(23)25-8-11)7-19-14(24)9-3-10(6-16-5-9)21-15-17-1-2-18-15/h3,5-6,11H,1-2,4,7-8H2,(H,19,24)(H,20,22)(H2,17,18,21)/t11-/m0/s1. The van der Waals surface area contributed by atoms with Crippen molar-refractivity contribution in [2.24, 2.45) is 4.99 Å². The van der Waals surface area contributed by atoms with Gasteiger partial charge >= 0.3 is 5.97 Å². The molecule has 2 amide bonds. The van der Waals surface area contributed by atoms with Gasteiger partial charge in [-0.3, -0.25) is 24.4 Å². The van der Waals surface area contributed by atoms with Crippen molar-refractivity contribution in [3.63, 3.8) is 0 Å². The number of nitrogens with one attached hydrogen (secondary N) is 4. The van der Waals surface area contributed by atoms with Crippen LogP contribution in [0.3, 0.4) is 0 Å². The number of carbonyl (C=O) groups is 3. The minimum atomic E-state index is -0.425. The third-order valence-electron chi connectivity index (χ3n) is 3.57. The summed E-state index contributed by atoms with van der Waals surface area (Å²) in [4.78, 5) is 43.1. The van der Waals surface area contributed by atoms with E-state index in [-0.39, 0.29) is 37.5 Å². The number of cyclic esters (lactones) is 1. The highest BCUT2D eigenvalue weighted by atomic mass is 16.5. The summed E-state index contributed by atoms with van der Waals surface area (Å²) in [5, 5.41) is 11.2. The van der Waals surface area contributed by atoms with Crippen molar-refractivity contribution < 1.29 is 19.1 Å². The van der Waals surface area contributed by atoms with Gasteiger partial charge in [-0.25, -0.2) is 0 Å². The Hall–Kier alpha value is -3.17. The normalized spacial score (nSPS) is 18.8. The number of hydrogen-bond donors (Lipinski definition) is 4. The van der Waals surface area contributed by atoms with Crippen LogP contribution in [-0.2, 0) is 14.3 Å². The number of esters is 1. The molecule has 1 fully saturated rings. The number of guanidine groups is 1. The van der Waals surface area contributed by atoms with E-state index in [0.29, 0.717) is 23.8 Å². The quantitative estimate of drug-likeness (QED) is 0.483. The highest BCUT2D eigenvalue weighted by molar-refractivity contribution is 5.99. The molecule has 1 aromatic heterocycles. The SMILES string of the molecule is O=C(CNC(=O)c1cncc(NC2=NCCN2)c1)N[C@@H]1COC(=O)C1. The molecule has 1 atom stereocenters. The molecule has 0 radical (unpaired) electrons. The molecular weight excluding hydrogens is 328 g/mol. The number of ether oxygens (including phenoxy) is 1. The molecule has 132 valence electrons. The van der Waals surface area contributed by atoms with Crippen LogP contribution in [0.25, 0.3) is 0 Å². The van der Waals surface area contributed by atoms with E-state index in [0.717, 1.165) is 6.54 Å². The summed E-state index contributed by atoms with van der Waals surface area (Å²) in [5.74, 6) is -0.520. The molecule has 3 heterocycles. The van der Waals surface area contributed by atoms with Crippen molar-refractivity contribution in [2.45, 2.75) is 12.5 Å². The monoisotopic (exact) mass is 346 g/mol. The Kier molecular flexibility index (Phi) is 5.07. The van der Waals surface area contributed by atoms with Crippen LogP contribution in [0, 0.1) is 0 Å². The predicted octanol–water partition coefficient (Wildman–Crippen LogP) is -1.39. The Labute approximate surface area is 143 Å². The van der Waals surface area contributed by atoms with Crippen molar-refractivity contribution in [3.8, 4) is 0 Å². The summed E-state index contributed by atoms with van der Waals surface area (Å²) in [7, 11) is 0. The van der Waals surface area contributed by atoms with Gasteiger partial charge < -0.3 is 26.0 Å². The molecule has 4 N–H and O–H groups in total. The Morgan fingerprint density at radius 1 is 1.36 bits per heavy atom. The van der Waals surface area contributed by atoms with Gasteiger partial charge in [-0.15, -0.1) is 0 Å². The topological polar surface area (TPSA) is 134 Å².